The maximum absolute atomic E-state index is 13.1. The minimum absolute atomic E-state index is 0.0280. The molecule has 0 fully saturated rings. The zero-order valence-electron chi connectivity index (χ0n) is 12.4. The van der Waals surface area contributed by atoms with E-state index in [9.17, 15) is 17.6 Å². The number of rotatable bonds is 4. The van der Waals surface area contributed by atoms with Crippen molar-refractivity contribution in [3.8, 4) is 0 Å². The van der Waals surface area contributed by atoms with Crippen LogP contribution in [0.15, 0.2) is 42.5 Å². The molecule has 120 valence electrons. The van der Waals surface area contributed by atoms with Crippen molar-refractivity contribution in [2.24, 2.45) is 0 Å². The average molecular weight is 334 g/mol. The second kappa shape index (κ2) is 5.66. The lowest BCUT2D eigenvalue weighted by molar-refractivity contribution is -0.117. The summed E-state index contributed by atoms with van der Waals surface area (Å²) >= 11 is 0. The number of carbonyl (C=O) groups excluding carboxylic acids is 1. The number of anilines is 2. The predicted molar refractivity (Wildman–Crippen MR) is 86.2 cm³/mol. The van der Waals surface area contributed by atoms with Crippen LogP contribution in [0.25, 0.3) is 0 Å². The van der Waals surface area contributed by atoms with E-state index in [1.165, 1.54) is 18.2 Å². The summed E-state index contributed by atoms with van der Waals surface area (Å²) in [5, 5.41) is 0. The molecule has 0 bridgehead atoms. The van der Waals surface area contributed by atoms with Gasteiger partial charge in [0.1, 0.15) is 5.82 Å². The lowest BCUT2D eigenvalue weighted by Gasteiger charge is -2.12. The van der Waals surface area contributed by atoms with Gasteiger partial charge in [-0.15, -0.1) is 0 Å². The Hall–Kier alpha value is -2.41. The highest BCUT2D eigenvalue weighted by Gasteiger charge is 2.24. The number of hydrogen-bond donors (Lipinski definition) is 1. The Balaban J connectivity index is 1.79. The molecule has 1 heterocycles. The van der Waals surface area contributed by atoms with Crippen molar-refractivity contribution in [1.82, 2.24) is 0 Å². The molecule has 0 unspecified atom stereocenters. The van der Waals surface area contributed by atoms with E-state index in [-0.39, 0.29) is 18.1 Å². The smallest absolute Gasteiger partial charge is 0.236 e. The lowest BCUT2D eigenvalue weighted by atomic mass is 10.1. The molecule has 0 saturated heterocycles. The maximum atomic E-state index is 13.1. The molecule has 1 aliphatic rings. The minimum Gasteiger partial charge on any atom is -0.315 e. The molecule has 3 rings (SSSR count). The molecular weight excluding hydrogens is 319 g/mol. The van der Waals surface area contributed by atoms with Gasteiger partial charge in [0.25, 0.3) is 0 Å². The van der Waals surface area contributed by atoms with Gasteiger partial charge >= 0.3 is 0 Å². The number of benzene rings is 2. The van der Waals surface area contributed by atoms with Crippen molar-refractivity contribution in [2.75, 3.05) is 16.7 Å². The first kappa shape index (κ1) is 15.5. The van der Waals surface area contributed by atoms with Crippen LogP contribution in [0.4, 0.5) is 15.8 Å². The Morgan fingerprint density at radius 1 is 1.22 bits per heavy atom. The number of likely N-dealkylation sites (N-methyl/N-ethyl adjacent to an activating group) is 1. The third kappa shape index (κ3) is 3.34. The molecule has 0 atom stereocenters. The number of sulfonamides is 1. The van der Waals surface area contributed by atoms with Crippen LogP contribution in [0.5, 0.6) is 0 Å². The molecule has 1 aliphatic heterocycles. The number of hydrogen-bond acceptors (Lipinski definition) is 3. The normalized spacial score (nSPS) is 14.0. The molecule has 7 heteroatoms. The third-order valence-corrected chi connectivity index (χ3v) is 4.94. The molecule has 2 aromatic rings. The molecule has 1 N–H and O–H groups in total. The molecule has 5 nitrogen and oxygen atoms in total. The number of halogens is 1. The monoisotopic (exact) mass is 334 g/mol. The number of nitrogens with zero attached hydrogens (tertiary/aromatic N) is 1. The van der Waals surface area contributed by atoms with Crippen LogP contribution < -0.4 is 9.62 Å². The molecule has 1 amide bonds. The number of amides is 1. The fraction of sp³-hybridized carbons (Fsp3) is 0.188. The number of carbonyl (C=O) groups is 1. The Morgan fingerprint density at radius 2 is 2.00 bits per heavy atom. The number of fused-ring (bicyclic) bond motifs is 1. The summed E-state index contributed by atoms with van der Waals surface area (Å²) in [5.41, 5.74) is 2.32. The highest BCUT2D eigenvalue weighted by molar-refractivity contribution is 7.91. The molecule has 0 saturated carbocycles. The van der Waals surface area contributed by atoms with Crippen molar-refractivity contribution in [3.05, 3.63) is 59.4 Å². The molecule has 0 radical (unpaired) electrons. The third-order valence-electron chi connectivity index (χ3n) is 3.68. The highest BCUT2D eigenvalue weighted by atomic mass is 32.2. The van der Waals surface area contributed by atoms with Gasteiger partial charge in [0, 0.05) is 18.4 Å². The summed E-state index contributed by atoms with van der Waals surface area (Å²) in [6.45, 7) is 0. The van der Waals surface area contributed by atoms with E-state index < -0.39 is 15.8 Å². The second-order valence-electron chi connectivity index (χ2n) is 5.46. The van der Waals surface area contributed by atoms with Crippen LogP contribution in [-0.2, 0) is 27.0 Å². The van der Waals surface area contributed by atoms with Gasteiger partial charge in [-0.25, -0.2) is 12.8 Å². The van der Waals surface area contributed by atoms with E-state index in [0.29, 0.717) is 11.3 Å². The molecule has 23 heavy (non-hydrogen) atoms. The summed E-state index contributed by atoms with van der Waals surface area (Å²) in [5.74, 6) is -0.822. The van der Waals surface area contributed by atoms with Gasteiger partial charge in [0.15, 0.2) is 0 Å². The predicted octanol–water partition coefficient (Wildman–Crippen LogP) is 2.29. The van der Waals surface area contributed by atoms with Gasteiger partial charge in [-0.3, -0.25) is 9.52 Å². The Kier molecular flexibility index (Phi) is 3.81. The van der Waals surface area contributed by atoms with E-state index in [1.807, 2.05) is 0 Å². The highest BCUT2D eigenvalue weighted by Crippen LogP contribution is 2.30. The summed E-state index contributed by atoms with van der Waals surface area (Å²) in [4.78, 5) is 13.2. The van der Waals surface area contributed by atoms with Crippen molar-refractivity contribution >= 4 is 27.3 Å². The van der Waals surface area contributed by atoms with Gasteiger partial charge < -0.3 is 4.90 Å². The van der Waals surface area contributed by atoms with Gasteiger partial charge in [-0.2, -0.15) is 0 Å². The van der Waals surface area contributed by atoms with Crippen molar-refractivity contribution in [1.29, 1.82) is 0 Å². The second-order valence-corrected chi connectivity index (χ2v) is 7.19. The molecular formula is C16H15FN2O3S. The molecule has 0 aromatic heterocycles. The first-order valence-electron chi connectivity index (χ1n) is 6.98. The fourth-order valence-electron chi connectivity index (χ4n) is 2.60. The van der Waals surface area contributed by atoms with Gasteiger partial charge in [-0.05, 0) is 41.5 Å². The van der Waals surface area contributed by atoms with Crippen LogP contribution >= 0.6 is 0 Å². The Morgan fingerprint density at radius 3 is 2.74 bits per heavy atom. The van der Waals surface area contributed by atoms with Gasteiger partial charge in [0.05, 0.1) is 12.2 Å². The zero-order chi connectivity index (χ0) is 16.6. The van der Waals surface area contributed by atoms with E-state index in [1.54, 1.807) is 36.2 Å². The first-order valence-corrected chi connectivity index (χ1v) is 8.64. The van der Waals surface area contributed by atoms with Crippen molar-refractivity contribution < 1.29 is 17.6 Å². The van der Waals surface area contributed by atoms with E-state index >= 15 is 0 Å². The standard InChI is InChI=1S/C16H15FN2O3S/c1-19-15-6-5-14(8-12(15)9-16(19)20)18-23(21,22)10-11-3-2-4-13(17)7-11/h2-8,18H,9-10H2,1H3. The van der Waals surface area contributed by atoms with Crippen LogP contribution in [0.3, 0.4) is 0 Å². The summed E-state index contributed by atoms with van der Waals surface area (Å²) in [6.07, 6.45) is 0.255. The van der Waals surface area contributed by atoms with E-state index in [2.05, 4.69) is 4.72 Å². The van der Waals surface area contributed by atoms with Crippen LogP contribution in [-0.4, -0.2) is 21.4 Å². The molecule has 0 spiro atoms. The SMILES string of the molecule is CN1C(=O)Cc2cc(NS(=O)(=O)Cc3cccc(F)c3)ccc21. The Labute approximate surface area is 133 Å². The summed E-state index contributed by atoms with van der Waals surface area (Å²) < 4.78 is 40.0. The molecule has 0 aliphatic carbocycles. The van der Waals surface area contributed by atoms with Crippen LogP contribution in [0, 0.1) is 5.82 Å². The van der Waals surface area contributed by atoms with Crippen molar-refractivity contribution in [2.45, 2.75) is 12.2 Å². The Bertz CT molecular complexity index is 881. The quantitative estimate of drug-likeness (QED) is 0.933. The van der Waals surface area contributed by atoms with Crippen molar-refractivity contribution in [3.63, 3.8) is 0 Å². The largest absolute Gasteiger partial charge is 0.315 e. The topological polar surface area (TPSA) is 66.5 Å². The maximum Gasteiger partial charge on any atom is 0.236 e. The fourth-order valence-corrected chi connectivity index (χ4v) is 3.77. The average Bonchev–Trinajstić information content (AvgIpc) is 2.72. The van der Waals surface area contributed by atoms with Crippen LogP contribution in [0.2, 0.25) is 0 Å². The lowest BCUT2D eigenvalue weighted by Crippen LogP contribution is -2.20. The van der Waals surface area contributed by atoms with Gasteiger partial charge in [0.2, 0.25) is 15.9 Å². The first-order chi connectivity index (χ1) is 10.8. The molecule has 2 aromatic carbocycles. The summed E-state index contributed by atoms with van der Waals surface area (Å²) in [6, 6.07) is 10.4. The minimum atomic E-state index is -3.66. The summed E-state index contributed by atoms with van der Waals surface area (Å²) in [7, 11) is -1.98. The van der Waals surface area contributed by atoms with E-state index in [0.717, 1.165) is 11.3 Å². The zero-order valence-corrected chi connectivity index (χ0v) is 13.2. The van der Waals surface area contributed by atoms with Crippen LogP contribution in [0.1, 0.15) is 11.1 Å². The van der Waals surface area contributed by atoms with E-state index in [4.69, 9.17) is 0 Å². The van der Waals surface area contributed by atoms with Gasteiger partial charge in [-0.1, -0.05) is 12.1 Å². The number of nitrogens with one attached hydrogen (secondary N) is 1.